The Morgan fingerprint density at radius 1 is 1.38 bits per heavy atom. The third-order valence-electron chi connectivity index (χ3n) is 4.21. The van der Waals surface area contributed by atoms with Gasteiger partial charge in [-0.05, 0) is 37.6 Å². The van der Waals surface area contributed by atoms with Crippen LogP contribution in [0.4, 0.5) is 15.2 Å². The van der Waals surface area contributed by atoms with Crippen molar-refractivity contribution in [2.75, 3.05) is 30.7 Å². The van der Waals surface area contributed by atoms with Crippen LogP contribution in [0.3, 0.4) is 0 Å². The molecule has 1 fully saturated rings. The zero-order chi connectivity index (χ0) is 18.4. The van der Waals surface area contributed by atoms with E-state index in [1.54, 1.807) is 12.1 Å². The third-order valence-corrected chi connectivity index (χ3v) is 6.18. The quantitative estimate of drug-likeness (QED) is 0.702. The number of likely N-dealkylation sites (tertiary alicyclic amines) is 1. The van der Waals surface area contributed by atoms with Gasteiger partial charge in [0.1, 0.15) is 5.82 Å². The molecule has 140 valence electrons. The first-order valence-electron chi connectivity index (χ1n) is 8.63. The first-order valence-corrected chi connectivity index (χ1v) is 10.4. The van der Waals surface area contributed by atoms with Crippen LogP contribution in [0.5, 0.6) is 0 Å². The minimum Gasteiger partial charge on any atom is -0.353 e. The van der Waals surface area contributed by atoms with E-state index in [1.165, 1.54) is 35.2 Å². The highest BCUT2D eigenvalue weighted by atomic mass is 32.2. The van der Waals surface area contributed by atoms with Crippen LogP contribution in [0.2, 0.25) is 0 Å². The Kier molecular flexibility index (Phi) is 6.81. The second kappa shape index (κ2) is 9.29. The number of anilines is 2. The van der Waals surface area contributed by atoms with Gasteiger partial charge >= 0.3 is 0 Å². The summed E-state index contributed by atoms with van der Waals surface area (Å²) in [7, 11) is 0. The van der Waals surface area contributed by atoms with Crippen molar-refractivity contribution >= 4 is 39.8 Å². The Morgan fingerprint density at radius 3 is 2.92 bits per heavy atom. The standard InChI is InChI=1S/C17H22FN5OS2/c1-2-23-8-6-13(7-9-23)19-15(24)11-25-17-22-21-16(26-17)20-14-5-3-4-12(18)10-14/h3-5,10,13H,2,6-9,11H2,1H3,(H,19,24)(H,20,21). The molecule has 2 N–H and O–H groups in total. The lowest BCUT2D eigenvalue weighted by Crippen LogP contribution is -2.45. The van der Waals surface area contributed by atoms with Crippen LogP contribution in [0.1, 0.15) is 19.8 Å². The lowest BCUT2D eigenvalue weighted by molar-refractivity contribution is -0.119. The van der Waals surface area contributed by atoms with Gasteiger partial charge in [-0.3, -0.25) is 4.79 Å². The predicted molar refractivity (Wildman–Crippen MR) is 104 cm³/mol. The summed E-state index contributed by atoms with van der Waals surface area (Å²) in [5.74, 6) is 0.0399. The molecular formula is C17H22FN5OS2. The Bertz CT molecular complexity index is 733. The number of carbonyl (C=O) groups excluding carboxylic acids is 1. The number of benzene rings is 1. The maximum Gasteiger partial charge on any atom is 0.230 e. The van der Waals surface area contributed by atoms with Crippen molar-refractivity contribution in [2.24, 2.45) is 0 Å². The molecule has 0 atom stereocenters. The number of hydrogen-bond donors (Lipinski definition) is 2. The maximum atomic E-state index is 13.2. The van der Waals surface area contributed by atoms with Crippen molar-refractivity contribution in [3.8, 4) is 0 Å². The molecule has 1 aromatic heterocycles. The molecule has 0 bridgehead atoms. The molecule has 0 saturated carbocycles. The van der Waals surface area contributed by atoms with E-state index in [0.717, 1.165) is 32.5 Å². The van der Waals surface area contributed by atoms with E-state index in [2.05, 4.69) is 32.7 Å². The third kappa shape index (κ3) is 5.65. The first kappa shape index (κ1) is 19.1. The summed E-state index contributed by atoms with van der Waals surface area (Å²) in [5, 5.41) is 14.8. The zero-order valence-corrected chi connectivity index (χ0v) is 16.2. The second-order valence-corrected chi connectivity index (χ2v) is 8.27. The average molecular weight is 396 g/mol. The summed E-state index contributed by atoms with van der Waals surface area (Å²) in [6, 6.07) is 6.44. The number of aromatic nitrogens is 2. The van der Waals surface area contributed by atoms with Gasteiger partial charge in [0.05, 0.1) is 5.75 Å². The van der Waals surface area contributed by atoms with E-state index in [1.807, 2.05) is 0 Å². The van der Waals surface area contributed by atoms with Gasteiger partial charge in [-0.25, -0.2) is 4.39 Å². The minimum absolute atomic E-state index is 0.0276. The highest BCUT2D eigenvalue weighted by Crippen LogP contribution is 2.27. The number of nitrogens with zero attached hydrogens (tertiary/aromatic N) is 3. The smallest absolute Gasteiger partial charge is 0.230 e. The van der Waals surface area contributed by atoms with Gasteiger partial charge in [0.15, 0.2) is 4.34 Å². The van der Waals surface area contributed by atoms with Crippen molar-refractivity contribution in [3.05, 3.63) is 30.1 Å². The second-order valence-electron chi connectivity index (χ2n) is 6.07. The van der Waals surface area contributed by atoms with E-state index in [0.29, 0.717) is 20.9 Å². The molecule has 2 heterocycles. The molecule has 0 aliphatic carbocycles. The summed E-state index contributed by atoms with van der Waals surface area (Å²) in [6.45, 7) is 5.31. The molecule has 26 heavy (non-hydrogen) atoms. The lowest BCUT2D eigenvalue weighted by atomic mass is 10.1. The molecule has 9 heteroatoms. The van der Waals surface area contributed by atoms with E-state index < -0.39 is 0 Å². The van der Waals surface area contributed by atoms with Gasteiger partial charge in [-0.1, -0.05) is 36.1 Å². The topological polar surface area (TPSA) is 70.2 Å². The SMILES string of the molecule is CCN1CCC(NC(=O)CSc2nnc(Nc3cccc(F)c3)s2)CC1. The van der Waals surface area contributed by atoms with Crippen molar-refractivity contribution in [2.45, 2.75) is 30.1 Å². The van der Waals surface area contributed by atoms with E-state index in [9.17, 15) is 9.18 Å². The fraction of sp³-hybridized carbons (Fsp3) is 0.471. The van der Waals surface area contributed by atoms with Crippen molar-refractivity contribution in [1.29, 1.82) is 0 Å². The molecule has 2 aromatic rings. The van der Waals surface area contributed by atoms with Crippen LogP contribution < -0.4 is 10.6 Å². The van der Waals surface area contributed by atoms with Crippen LogP contribution >= 0.6 is 23.1 Å². The molecule has 0 spiro atoms. The van der Waals surface area contributed by atoms with Gasteiger partial charge in [0.25, 0.3) is 0 Å². The highest BCUT2D eigenvalue weighted by molar-refractivity contribution is 8.01. The molecule has 3 rings (SSSR count). The van der Waals surface area contributed by atoms with Gasteiger partial charge in [-0.2, -0.15) is 0 Å². The van der Waals surface area contributed by atoms with Crippen molar-refractivity contribution in [3.63, 3.8) is 0 Å². The van der Waals surface area contributed by atoms with Crippen molar-refractivity contribution in [1.82, 2.24) is 20.4 Å². The summed E-state index contributed by atoms with van der Waals surface area (Å²) in [4.78, 5) is 14.5. The van der Waals surface area contributed by atoms with E-state index in [4.69, 9.17) is 0 Å². The zero-order valence-electron chi connectivity index (χ0n) is 14.6. The largest absolute Gasteiger partial charge is 0.353 e. The summed E-state index contributed by atoms with van der Waals surface area (Å²) in [6.07, 6.45) is 2.01. The number of thioether (sulfide) groups is 1. The number of amides is 1. The Labute approximate surface area is 160 Å². The molecule has 0 radical (unpaired) electrons. The molecule has 0 unspecified atom stereocenters. The van der Waals surface area contributed by atoms with E-state index >= 15 is 0 Å². The average Bonchev–Trinajstić information content (AvgIpc) is 3.08. The number of hydrogen-bond acceptors (Lipinski definition) is 7. The lowest BCUT2D eigenvalue weighted by Gasteiger charge is -2.31. The summed E-state index contributed by atoms with van der Waals surface area (Å²) >= 11 is 2.71. The van der Waals surface area contributed by atoms with Crippen molar-refractivity contribution < 1.29 is 9.18 Å². The predicted octanol–water partition coefficient (Wildman–Crippen LogP) is 3.11. The molecule has 6 nitrogen and oxygen atoms in total. The molecule has 1 aromatic carbocycles. The highest BCUT2D eigenvalue weighted by Gasteiger charge is 2.19. The fourth-order valence-electron chi connectivity index (χ4n) is 2.80. The normalized spacial score (nSPS) is 15.8. The number of carbonyl (C=O) groups is 1. The number of nitrogens with one attached hydrogen (secondary N) is 2. The molecule has 1 aliphatic rings. The summed E-state index contributed by atoms with van der Waals surface area (Å²) < 4.78 is 13.9. The van der Waals surface area contributed by atoms with E-state index in [-0.39, 0.29) is 17.8 Å². The van der Waals surface area contributed by atoms with Crippen LogP contribution in [0, 0.1) is 5.82 Å². The Balaban J connectivity index is 1.42. The monoisotopic (exact) mass is 395 g/mol. The van der Waals surface area contributed by atoms with Gasteiger partial charge in [0.2, 0.25) is 11.0 Å². The number of rotatable bonds is 7. The van der Waals surface area contributed by atoms with Gasteiger partial charge in [0, 0.05) is 24.8 Å². The number of piperidine rings is 1. The first-order chi connectivity index (χ1) is 12.6. The fourth-order valence-corrected chi connectivity index (χ4v) is 4.38. The minimum atomic E-state index is -0.310. The van der Waals surface area contributed by atoms with Crippen LogP contribution in [-0.2, 0) is 4.79 Å². The Morgan fingerprint density at radius 2 is 2.19 bits per heavy atom. The molecule has 1 saturated heterocycles. The molecular weight excluding hydrogens is 373 g/mol. The maximum absolute atomic E-state index is 13.2. The summed E-state index contributed by atoms with van der Waals surface area (Å²) in [5.41, 5.74) is 0.619. The van der Waals surface area contributed by atoms with Crippen LogP contribution in [0.25, 0.3) is 0 Å². The van der Waals surface area contributed by atoms with Gasteiger partial charge < -0.3 is 15.5 Å². The molecule has 1 amide bonds. The van der Waals surface area contributed by atoms with Crippen LogP contribution in [0.15, 0.2) is 28.6 Å². The molecule has 1 aliphatic heterocycles. The number of halogens is 1. The van der Waals surface area contributed by atoms with Gasteiger partial charge in [-0.15, -0.1) is 10.2 Å². The Hall–Kier alpha value is -1.71. The van der Waals surface area contributed by atoms with Crippen LogP contribution in [-0.4, -0.2) is 52.4 Å².